The van der Waals surface area contributed by atoms with Gasteiger partial charge in [-0.3, -0.25) is 9.59 Å². The molecule has 2 nitrogen and oxygen atoms in total. The van der Waals surface area contributed by atoms with Gasteiger partial charge in [-0.25, -0.2) is 0 Å². The maximum atomic E-state index is 14.0. The zero-order valence-corrected chi connectivity index (χ0v) is 30.4. The quantitative estimate of drug-likeness (QED) is 0.211. The van der Waals surface area contributed by atoms with Crippen LogP contribution in [0.3, 0.4) is 0 Å². The summed E-state index contributed by atoms with van der Waals surface area (Å²) in [5.74, 6) is -0.0536. The summed E-state index contributed by atoms with van der Waals surface area (Å²) in [4.78, 5) is 28.1. The molecule has 0 unspecified atom stereocenters. The summed E-state index contributed by atoms with van der Waals surface area (Å²) < 4.78 is 0. The number of rotatable bonds is 4. The van der Waals surface area contributed by atoms with Gasteiger partial charge in [0.2, 0.25) is 0 Å². The van der Waals surface area contributed by atoms with Crippen LogP contribution >= 0.6 is 0 Å². The molecular weight excluding hydrogens is 553 g/mol. The fraction of sp³-hybridized carbons (Fsp3) is 0.353. The molecule has 4 aromatic carbocycles. The van der Waals surface area contributed by atoms with E-state index in [4.69, 9.17) is 0 Å². The summed E-state index contributed by atoms with van der Waals surface area (Å²) in [5, 5.41) is 10.2. The van der Waals surface area contributed by atoms with Gasteiger partial charge in [-0.15, -0.1) is 0 Å². The van der Waals surface area contributed by atoms with Gasteiger partial charge >= 0.3 is 0 Å². The average molecular weight is 597 g/mol. The van der Waals surface area contributed by atoms with E-state index in [-0.39, 0.29) is 11.6 Å². The van der Waals surface area contributed by atoms with Crippen molar-refractivity contribution in [2.24, 2.45) is 0 Å². The third-order valence-electron chi connectivity index (χ3n) is 8.44. The number of hydrogen-bond acceptors (Lipinski definition) is 2. The highest BCUT2D eigenvalue weighted by Crippen LogP contribution is 2.33. The average Bonchev–Trinajstić information content (AvgIpc) is 2.81. The maximum Gasteiger partial charge on any atom is 0.194 e. The van der Waals surface area contributed by atoms with Gasteiger partial charge in [0.15, 0.2) is 11.6 Å². The van der Waals surface area contributed by atoms with Gasteiger partial charge in [0.25, 0.3) is 0 Å². The van der Waals surface area contributed by atoms with Gasteiger partial charge < -0.3 is 0 Å². The van der Waals surface area contributed by atoms with Crippen molar-refractivity contribution in [3.05, 3.63) is 70.8 Å². The van der Waals surface area contributed by atoms with Crippen LogP contribution in [0.1, 0.15) is 31.8 Å². The molecule has 5 rings (SSSR count). The Kier molecular flexibility index (Phi) is 6.59. The summed E-state index contributed by atoms with van der Waals surface area (Å²) in [5.41, 5.74) is 2.21. The summed E-state index contributed by atoms with van der Waals surface area (Å²) in [7, 11) is -6.44. The molecule has 0 N–H and O–H groups in total. The van der Waals surface area contributed by atoms with Crippen LogP contribution < -0.4 is 20.7 Å². The largest absolute Gasteiger partial charge is 0.289 e. The SMILES string of the molecule is C[Si](C)(C)c1cc2cc3c(cc2cc1[Si](C)(C)C)C(=O)c1cc2cc([Si](C)(C)C)c([Si](C)(C)C)cc2cc1C3=O. The second-order valence-electron chi connectivity index (χ2n) is 15.9. The third kappa shape index (κ3) is 4.87. The van der Waals surface area contributed by atoms with Crippen LogP contribution in [0.4, 0.5) is 0 Å². The normalized spacial score (nSPS) is 14.6. The highest BCUT2D eigenvalue weighted by atomic mass is 28.3. The molecule has 40 heavy (non-hydrogen) atoms. The lowest BCUT2D eigenvalue weighted by Crippen LogP contribution is -2.56. The Morgan fingerprint density at radius 2 is 0.500 bits per heavy atom. The lowest BCUT2D eigenvalue weighted by atomic mass is 9.81. The van der Waals surface area contributed by atoms with Crippen molar-refractivity contribution in [2.75, 3.05) is 0 Å². The van der Waals surface area contributed by atoms with Gasteiger partial charge in [0.05, 0.1) is 32.3 Å². The fourth-order valence-corrected chi connectivity index (χ4v) is 16.6. The molecule has 0 heterocycles. The van der Waals surface area contributed by atoms with Gasteiger partial charge in [-0.2, -0.15) is 0 Å². The number of carbonyl (C=O) groups is 2. The summed E-state index contributed by atoms with van der Waals surface area (Å²) >= 11 is 0. The number of ketones is 2. The molecule has 208 valence electrons. The van der Waals surface area contributed by atoms with Crippen LogP contribution in [0, 0.1) is 0 Å². The van der Waals surface area contributed by atoms with Gasteiger partial charge in [-0.1, -0.05) is 124 Å². The summed E-state index contributed by atoms with van der Waals surface area (Å²) in [6, 6.07) is 17.3. The van der Waals surface area contributed by atoms with E-state index in [1.54, 1.807) is 0 Å². The van der Waals surface area contributed by atoms with Gasteiger partial charge in [0.1, 0.15) is 0 Å². The van der Waals surface area contributed by atoms with E-state index >= 15 is 0 Å². The third-order valence-corrected chi connectivity index (χ3v) is 17.1. The minimum Gasteiger partial charge on any atom is -0.289 e. The van der Waals surface area contributed by atoms with Crippen molar-refractivity contribution in [3.63, 3.8) is 0 Å². The molecule has 0 aliphatic heterocycles. The second kappa shape index (κ2) is 9.05. The standard InChI is InChI=1S/C34H44O2Si4/c1-37(2,3)29-17-21-13-25-26(14-22(21)18-30(29)38(4,5)6)34(36)28-16-24-20-32(40(10,11)12)31(39(7,8)9)19-23(24)15-27(28)33(25)35/h13-20H,1-12H3. The molecule has 0 radical (unpaired) electrons. The highest BCUT2D eigenvalue weighted by molar-refractivity contribution is 6.99. The Hall–Kier alpha value is -2.39. The molecule has 1 aliphatic rings. The van der Waals surface area contributed by atoms with Crippen LogP contribution in [-0.4, -0.2) is 43.9 Å². The molecule has 0 fully saturated rings. The van der Waals surface area contributed by atoms with Crippen LogP contribution in [0.2, 0.25) is 78.6 Å². The van der Waals surface area contributed by atoms with Crippen molar-refractivity contribution in [2.45, 2.75) is 78.6 Å². The predicted molar refractivity (Wildman–Crippen MR) is 187 cm³/mol. The number of fused-ring (bicyclic) bond motifs is 4. The first-order valence-corrected chi connectivity index (χ1v) is 28.5. The Balaban J connectivity index is 1.76. The molecule has 6 heteroatoms. The predicted octanol–water partition coefficient (Wildman–Crippen LogP) is 6.95. The van der Waals surface area contributed by atoms with E-state index in [1.165, 1.54) is 20.7 Å². The molecule has 0 aromatic heterocycles. The molecule has 0 saturated carbocycles. The minimum atomic E-state index is -1.61. The molecule has 4 aromatic rings. The fourth-order valence-electron chi connectivity index (χ4n) is 6.22. The lowest BCUT2D eigenvalue weighted by Gasteiger charge is -2.29. The van der Waals surface area contributed by atoms with E-state index in [9.17, 15) is 9.59 Å². The Labute approximate surface area is 244 Å². The van der Waals surface area contributed by atoms with E-state index in [0.29, 0.717) is 22.3 Å². The van der Waals surface area contributed by atoms with Crippen molar-refractivity contribution in [1.29, 1.82) is 0 Å². The van der Waals surface area contributed by atoms with Crippen LogP contribution in [0.25, 0.3) is 21.5 Å². The van der Waals surface area contributed by atoms with E-state index in [0.717, 1.165) is 21.5 Å². The van der Waals surface area contributed by atoms with Crippen molar-refractivity contribution in [3.8, 4) is 0 Å². The maximum absolute atomic E-state index is 14.0. The monoisotopic (exact) mass is 596 g/mol. The topological polar surface area (TPSA) is 34.1 Å². The summed E-state index contributed by atoms with van der Waals surface area (Å²) in [6.45, 7) is 28.8. The van der Waals surface area contributed by atoms with Crippen molar-refractivity contribution in [1.82, 2.24) is 0 Å². The molecule has 0 saturated heterocycles. The molecule has 0 bridgehead atoms. The molecule has 0 amide bonds. The smallest absolute Gasteiger partial charge is 0.194 e. The highest BCUT2D eigenvalue weighted by Gasteiger charge is 2.34. The van der Waals surface area contributed by atoms with Crippen molar-refractivity contribution < 1.29 is 9.59 Å². The van der Waals surface area contributed by atoms with Gasteiger partial charge in [-0.05, 0) is 45.8 Å². The first-order chi connectivity index (χ1) is 18.2. The summed E-state index contributed by atoms with van der Waals surface area (Å²) in [6.07, 6.45) is 0. The second-order valence-corrected chi connectivity index (χ2v) is 36.1. The van der Waals surface area contributed by atoms with Crippen molar-refractivity contribution >= 4 is 86.2 Å². The van der Waals surface area contributed by atoms with Crippen LogP contribution in [0.15, 0.2) is 48.5 Å². The number of benzene rings is 4. The lowest BCUT2D eigenvalue weighted by molar-refractivity contribution is 0.0979. The Morgan fingerprint density at radius 3 is 0.650 bits per heavy atom. The minimum absolute atomic E-state index is 0.0268. The first kappa shape index (κ1) is 29.1. The first-order valence-electron chi connectivity index (χ1n) is 14.5. The molecule has 0 atom stereocenters. The van der Waals surface area contributed by atoms with E-state index in [1.807, 2.05) is 24.3 Å². The molecule has 0 spiro atoms. The molecule has 1 aliphatic carbocycles. The number of carbonyl (C=O) groups excluding carboxylic acids is 2. The number of hydrogen-bond donors (Lipinski definition) is 0. The van der Waals surface area contributed by atoms with E-state index in [2.05, 4.69) is 103 Å². The van der Waals surface area contributed by atoms with Crippen LogP contribution in [0.5, 0.6) is 0 Å². The Bertz CT molecular complexity index is 1500. The Morgan fingerprint density at radius 1 is 0.325 bits per heavy atom. The zero-order chi connectivity index (χ0) is 29.7. The van der Waals surface area contributed by atoms with E-state index < -0.39 is 32.3 Å². The zero-order valence-electron chi connectivity index (χ0n) is 26.4. The van der Waals surface area contributed by atoms with Gasteiger partial charge in [0, 0.05) is 22.3 Å². The van der Waals surface area contributed by atoms with Crippen LogP contribution in [-0.2, 0) is 0 Å². The molecular formula is C34H44O2Si4.